The van der Waals surface area contributed by atoms with Gasteiger partial charge >= 0.3 is 0 Å². The molecular formula is C14H27N3. The van der Waals surface area contributed by atoms with Crippen LogP contribution in [0.3, 0.4) is 0 Å². The van der Waals surface area contributed by atoms with Crippen LogP contribution in [0.15, 0.2) is 0 Å². The summed E-state index contributed by atoms with van der Waals surface area (Å²) in [6.45, 7) is 6.29. The molecule has 0 aromatic heterocycles. The van der Waals surface area contributed by atoms with Crippen LogP contribution in [0.5, 0.6) is 0 Å². The molecule has 3 rings (SSSR count). The van der Waals surface area contributed by atoms with Gasteiger partial charge in [-0.3, -0.25) is 0 Å². The monoisotopic (exact) mass is 237 g/mol. The maximum atomic E-state index is 3.92. The van der Waals surface area contributed by atoms with Crippen LogP contribution in [0.2, 0.25) is 0 Å². The van der Waals surface area contributed by atoms with Crippen LogP contribution in [0.25, 0.3) is 0 Å². The summed E-state index contributed by atoms with van der Waals surface area (Å²) >= 11 is 0. The molecule has 0 bridgehead atoms. The second-order valence-corrected chi connectivity index (χ2v) is 6.44. The molecule has 3 heteroatoms. The van der Waals surface area contributed by atoms with Crippen LogP contribution in [-0.4, -0.2) is 60.6 Å². The summed E-state index contributed by atoms with van der Waals surface area (Å²) in [6, 6.07) is 3.20. The fraction of sp³-hybridized carbons (Fsp3) is 1.00. The van der Waals surface area contributed by atoms with Crippen LogP contribution >= 0.6 is 0 Å². The maximum Gasteiger partial charge on any atom is 0.0212 e. The van der Waals surface area contributed by atoms with Gasteiger partial charge in [-0.25, -0.2) is 0 Å². The lowest BCUT2D eigenvalue weighted by Crippen LogP contribution is -2.49. The van der Waals surface area contributed by atoms with E-state index in [4.69, 9.17) is 0 Å². The van der Waals surface area contributed by atoms with Crippen molar-refractivity contribution >= 4 is 0 Å². The maximum absolute atomic E-state index is 3.92. The number of nitrogens with one attached hydrogen (secondary N) is 1. The molecule has 3 aliphatic rings. The topological polar surface area (TPSA) is 18.5 Å². The number of fused-ring (bicyclic) bond motifs is 1. The second kappa shape index (κ2) is 4.87. The molecular weight excluding hydrogens is 210 g/mol. The van der Waals surface area contributed by atoms with Crippen molar-refractivity contribution in [3.8, 4) is 0 Å². The van der Waals surface area contributed by atoms with Gasteiger partial charge < -0.3 is 15.1 Å². The quantitative estimate of drug-likeness (QED) is 0.781. The van der Waals surface area contributed by atoms with E-state index in [1.165, 1.54) is 51.7 Å². The Balaban J connectivity index is 1.49. The van der Waals surface area contributed by atoms with E-state index in [2.05, 4.69) is 29.1 Å². The Morgan fingerprint density at radius 2 is 1.94 bits per heavy atom. The molecule has 3 fully saturated rings. The minimum absolute atomic E-state index is 0.743. The first-order chi connectivity index (χ1) is 8.22. The molecule has 0 radical (unpaired) electrons. The van der Waals surface area contributed by atoms with E-state index in [0.717, 1.165) is 24.2 Å². The van der Waals surface area contributed by atoms with E-state index in [0.29, 0.717) is 0 Å². The van der Waals surface area contributed by atoms with Crippen molar-refractivity contribution in [2.24, 2.45) is 0 Å². The van der Waals surface area contributed by atoms with Gasteiger partial charge in [0, 0.05) is 30.7 Å². The van der Waals surface area contributed by atoms with Gasteiger partial charge in [0.2, 0.25) is 0 Å². The smallest absolute Gasteiger partial charge is 0.0212 e. The Labute approximate surface area is 106 Å². The highest BCUT2D eigenvalue weighted by Crippen LogP contribution is 2.27. The van der Waals surface area contributed by atoms with E-state index < -0.39 is 0 Å². The van der Waals surface area contributed by atoms with E-state index in [1.807, 2.05) is 0 Å². The Morgan fingerprint density at radius 1 is 1.06 bits per heavy atom. The van der Waals surface area contributed by atoms with Crippen LogP contribution < -0.4 is 5.32 Å². The Morgan fingerprint density at radius 3 is 2.71 bits per heavy atom. The molecule has 4 atom stereocenters. The summed E-state index contributed by atoms with van der Waals surface area (Å²) in [4.78, 5) is 5.20. The number of hydrogen-bond acceptors (Lipinski definition) is 3. The van der Waals surface area contributed by atoms with E-state index >= 15 is 0 Å². The highest BCUT2D eigenvalue weighted by Gasteiger charge is 2.34. The molecule has 0 aliphatic carbocycles. The zero-order chi connectivity index (χ0) is 11.8. The van der Waals surface area contributed by atoms with Crippen LogP contribution in [0.1, 0.15) is 39.0 Å². The van der Waals surface area contributed by atoms with Gasteiger partial charge in [-0.15, -0.1) is 0 Å². The third kappa shape index (κ3) is 2.51. The molecule has 0 spiro atoms. The molecule has 17 heavy (non-hydrogen) atoms. The second-order valence-electron chi connectivity index (χ2n) is 6.44. The lowest BCUT2D eigenvalue weighted by molar-refractivity contribution is 0.161. The Kier molecular flexibility index (Phi) is 3.42. The third-order valence-corrected chi connectivity index (χ3v) is 5.18. The molecule has 0 saturated carbocycles. The summed E-state index contributed by atoms with van der Waals surface area (Å²) < 4.78 is 0. The summed E-state index contributed by atoms with van der Waals surface area (Å²) in [5, 5.41) is 3.92. The normalized spacial score (nSPS) is 44.1. The SMILES string of the molecule is CC1CC(NC2CCN3CCCC3C2)CN1C. The first-order valence-corrected chi connectivity index (χ1v) is 7.42. The first kappa shape index (κ1) is 11.9. The predicted molar refractivity (Wildman–Crippen MR) is 71.2 cm³/mol. The van der Waals surface area contributed by atoms with Gasteiger partial charge in [-0.05, 0) is 59.2 Å². The molecule has 3 aliphatic heterocycles. The number of piperidine rings is 1. The largest absolute Gasteiger partial charge is 0.310 e. The zero-order valence-electron chi connectivity index (χ0n) is 11.4. The molecule has 4 unspecified atom stereocenters. The van der Waals surface area contributed by atoms with Crippen molar-refractivity contribution < 1.29 is 0 Å². The lowest BCUT2D eigenvalue weighted by Gasteiger charge is -2.36. The van der Waals surface area contributed by atoms with Crippen LogP contribution in [-0.2, 0) is 0 Å². The molecule has 0 amide bonds. The van der Waals surface area contributed by atoms with Gasteiger partial charge in [0.1, 0.15) is 0 Å². The van der Waals surface area contributed by atoms with Crippen molar-refractivity contribution in [1.29, 1.82) is 0 Å². The highest BCUT2D eigenvalue weighted by molar-refractivity contribution is 4.93. The zero-order valence-corrected chi connectivity index (χ0v) is 11.4. The van der Waals surface area contributed by atoms with Gasteiger partial charge in [0.15, 0.2) is 0 Å². The van der Waals surface area contributed by atoms with E-state index in [-0.39, 0.29) is 0 Å². The molecule has 0 aromatic rings. The van der Waals surface area contributed by atoms with E-state index in [9.17, 15) is 0 Å². The number of nitrogens with zero attached hydrogens (tertiary/aromatic N) is 2. The van der Waals surface area contributed by atoms with Gasteiger partial charge in [0.05, 0.1) is 0 Å². The number of likely N-dealkylation sites (N-methyl/N-ethyl adjacent to an activating group) is 1. The van der Waals surface area contributed by atoms with Gasteiger partial charge in [0.25, 0.3) is 0 Å². The summed E-state index contributed by atoms with van der Waals surface area (Å²) in [7, 11) is 2.26. The average molecular weight is 237 g/mol. The van der Waals surface area contributed by atoms with Crippen molar-refractivity contribution in [1.82, 2.24) is 15.1 Å². The summed E-state index contributed by atoms with van der Waals surface area (Å²) in [5.41, 5.74) is 0. The molecule has 1 N–H and O–H groups in total. The van der Waals surface area contributed by atoms with Gasteiger partial charge in [-0.1, -0.05) is 0 Å². The van der Waals surface area contributed by atoms with Crippen molar-refractivity contribution in [2.45, 2.75) is 63.2 Å². The van der Waals surface area contributed by atoms with Crippen LogP contribution in [0, 0.1) is 0 Å². The summed E-state index contributed by atoms with van der Waals surface area (Å²) in [6.07, 6.45) is 6.97. The molecule has 98 valence electrons. The highest BCUT2D eigenvalue weighted by atomic mass is 15.2. The first-order valence-electron chi connectivity index (χ1n) is 7.42. The molecule has 0 aromatic carbocycles. The summed E-state index contributed by atoms with van der Waals surface area (Å²) in [5.74, 6) is 0. The molecule has 3 heterocycles. The number of rotatable bonds is 2. The fourth-order valence-electron chi connectivity index (χ4n) is 4.02. The number of hydrogen-bond donors (Lipinski definition) is 1. The average Bonchev–Trinajstić information content (AvgIpc) is 2.86. The minimum atomic E-state index is 0.743. The Hall–Kier alpha value is -0.120. The number of likely N-dealkylation sites (tertiary alicyclic amines) is 1. The predicted octanol–water partition coefficient (Wildman–Crippen LogP) is 1.30. The lowest BCUT2D eigenvalue weighted by atomic mass is 9.96. The minimum Gasteiger partial charge on any atom is -0.310 e. The molecule has 3 saturated heterocycles. The fourth-order valence-corrected chi connectivity index (χ4v) is 4.02. The Bertz CT molecular complexity index is 258. The van der Waals surface area contributed by atoms with Crippen molar-refractivity contribution in [3.05, 3.63) is 0 Å². The molecule has 3 nitrogen and oxygen atoms in total. The third-order valence-electron chi connectivity index (χ3n) is 5.18. The van der Waals surface area contributed by atoms with Crippen molar-refractivity contribution in [2.75, 3.05) is 26.7 Å². The van der Waals surface area contributed by atoms with Gasteiger partial charge in [-0.2, -0.15) is 0 Å². The standard InChI is InChI=1S/C14H27N3/c1-11-8-13(10-16(11)2)15-12-5-7-17-6-3-4-14(17)9-12/h11-15H,3-10H2,1-2H3. The van der Waals surface area contributed by atoms with Crippen molar-refractivity contribution in [3.63, 3.8) is 0 Å². The van der Waals surface area contributed by atoms with Crippen LogP contribution in [0.4, 0.5) is 0 Å². The van der Waals surface area contributed by atoms with E-state index in [1.54, 1.807) is 0 Å².